The molecule has 100 valence electrons. The third-order valence-corrected chi connectivity index (χ3v) is 2.96. The maximum Gasteiger partial charge on any atom is 0.240 e. The Balaban J connectivity index is 1.87. The van der Waals surface area contributed by atoms with Gasteiger partial charge >= 0.3 is 0 Å². The standard InChI is InChI=1S/C14H22N2O2/c1-10(2)7-8-17-13-6-5-12(15)14(16-13)18-9-11-3-4-11/h5-6,10-11H,3-4,7-9,15H2,1-2H3. The topological polar surface area (TPSA) is 57.4 Å². The predicted molar refractivity (Wildman–Crippen MR) is 71.8 cm³/mol. The van der Waals surface area contributed by atoms with Crippen molar-refractivity contribution in [3.63, 3.8) is 0 Å². The fraction of sp³-hybridized carbons (Fsp3) is 0.643. The van der Waals surface area contributed by atoms with E-state index in [0.29, 0.717) is 42.5 Å². The van der Waals surface area contributed by atoms with Crippen LogP contribution in [0.15, 0.2) is 12.1 Å². The molecule has 2 rings (SSSR count). The second kappa shape index (κ2) is 5.94. The summed E-state index contributed by atoms with van der Waals surface area (Å²) < 4.78 is 11.2. The highest BCUT2D eigenvalue weighted by Crippen LogP contribution is 2.31. The van der Waals surface area contributed by atoms with E-state index in [2.05, 4.69) is 18.8 Å². The first-order chi connectivity index (χ1) is 8.65. The number of nitrogens with two attached hydrogens (primary N) is 1. The number of rotatable bonds is 7. The van der Waals surface area contributed by atoms with Gasteiger partial charge in [-0.25, -0.2) is 0 Å². The first-order valence-electron chi connectivity index (χ1n) is 6.67. The van der Waals surface area contributed by atoms with E-state index in [9.17, 15) is 0 Å². The molecule has 1 aromatic rings. The maximum absolute atomic E-state index is 5.83. The lowest BCUT2D eigenvalue weighted by atomic mass is 10.1. The van der Waals surface area contributed by atoms with Gasteiger partial charge in [-0.1, -0.05) is 13.8 Å². The van der Waals surface area contributed by atoms with Gasteiger partial charge in [0, 0.05) is 6.07 Å². The Morgan fingerprint density at radius 1 is 1.33 bits per heavy atom. The Morgan fingerprint density at radius 3 is 2.78 bits per heavy atom. The number of hydrogen-bond donors (Lipinski definition) is 1. The molecule has 2 N–H and O–H groups in total. The summed E-state index contributed by atoms with van der Waals surface area (Å²) in [5.41, 5.74) is 6.41. The first-order valence-corrected chi connectivity index (χ1v) is 6.67. The van der Waals surface area contributed by atoms with Crippen LogP contribution in [0, 0.1) is 11.8 Å². The van der Waals surface area contributed by atoms with Crippen molar-refractivity contribution in [3.05, 3.63) is 12.1 Å². The highest BCUT2D eigenvalue weighted by atomic mass is 16.5. The summed E-state index contributed by atoms with van der Waals surface area (Å²) in [6.45, 7) is 5.73. The van der Waals surface area contributed by atoms with Crippen LogP contribution in [0.1, 0.15) is 33.1 Å². The molecule has 0 radical (unpaired) electrons. The highest BCUT2D eigenvalue weighted by molar-refractivity contribution is 5.49. The van der Waals surface area contributed by atoms with Crippen LogP contribution in [0.25, 0.3) is 0 Å². The smallest absolute Gasteiger partial charge is 0.240 e. The van der Waals surface area contributed by atoms with Gasteiger partial charge in [-0.15, -0.1) is 0 Å². The van der Waals surface area contributed by atoms with Crippen LogP contribution in [0.5, 0.6) is 11.8 Å². The van der Waals surface area contributed by atoms with Gasteiger partial charge < -0.3 is 15.2 Å². The van der Waals surface area contributed by atoms with Crippen molar-refractivity contribution in [2.75, 3.05) is 18.9 Å². The summed E-state index contributed by atoms with van der Waals surface area (Å²) >= 11 is 0. The Hall–Kier alpha value is -1.45. The van der Waals surface area contributed by atoms with E-state index >= 15 is 0 Å². The third-order valence-electron chi connectivity index (χ3n) is 2.96. The zero-order valence-electron chi connectivity index (χ0n) is 11.2. The molecule has 1 aliphatic rings. The first kappa shape index (κ1) is 13.0. The van der Waals surface area contributed by atoms with E-state index in [1.165, 1.54) is 12.8 Å². The van der Waals surface area contributed by atoms with Crippen molar-refractivity contribution in [1.29, 1.82) is 0 Å². The van der Waals surface area contributed by atoms with Crippen LogP contribution in [0.3, 0.4) is 0 Å². The molecule has 4 nitrogen and oxygen atoms in total. The average molecular weight is 250 g/mol. The Morgan fingerprint density at radius 2 is 2.11 bits per heavy atom. The van der Waals surface area contributed by atoms with Gasteiger partial charge in [0.15, 0.2) is 0 Å². The minimum absolute atomic E-state index is 0.504. The fourth-order valence-electron chi connectivity index (χ4n) is 1.51. The van der Waals surface area contributed by atoms with Gasteiger partial charge in [-0.2, -0.15) is 4.98 Å². The van der Waals surface area contributed by atoms with Gasteiger partial charge in [-0.3, -0.25) is 0 Å². The van der Waals surface area contributed by atoms with Gasteiger partial charge in [-0.05, 0) is 37.2 Å². The summed E-state index contributed by atoms with van der Waals surface area (Å²) in [6.07, 6.45) is 3.53. The van der Waals surface area contributed by atoms with Crippen LogP contribution >= 0.6 is 0 Å². The minimum atomic E-state index is 0.504. The maximum atomic E-state index is 5.83. The lowest BCUT2D eigenvalue weighted by Gasteiger charge is -2.11. The largest absolute Gasteiger partial charge is 0.478 e. The van der Waals surface area contributed by atoms with Crippen LogP contribution in [-0.2, 0) is 0 Å². The number of ether oxygens (including phenoxy) is 2. The molecule has 0 bridgehead atoms. The predicted octanol–water partition coefficient (Wildman–Crippen LogP) is 2.88. The molecule has 0 unspecified atom stereocenters. The summed E-state index contributed by atoms with van der Waals surface area (Å²) in [5.74, 6) is 2.42. The Bertz CT molecular complexity index is 389. The summed E-state index contributed by atoms with van der Waals surface area (Å²) in [4.78, 5) is 4.30. The number of hydrogen-bond acceptors (Lipinski definition) is 4. The number of pyridine rings is 1. The molecule has 1 heterocycles. The fourth-order valence-corrected chi connectivity index (χ4v) is 1.51. The van der Waals surface area contributed by atoms with Gasteiger partial charge in [0.2, 0.25) is 11.8 Å². The normalized spacial score (nSPS) is 14.8. The second-order valence-corrected chi connectivity index (χ2v) is 5.33. The van der Waals surface area contributed by atoms with E-state index in [0.717, 1.165) is 6.42 Å². The van der Waals surface area contributed by atoms with Crippen LogP contribution in [-0.4, -0.2) is 18.2 Å². The number of nitrogen functional groups attached to an aromatic ring is 1. The zero-order chi connectivity index (χ0) is 13.0. The van der Waals surface area contributed by atoms with Gasteiger partial charge in [0.25, 0.3) is 0 Å². The van der Waals surface area contributed by atoms with E-state index in [-0.39, 0.29) is 0 Å². The minimum Gasteiger partial charge on any atom is -0.478 e. The van der Waals surface area contributed by atoms with Crippen molar-refractivity contribution in [1.82, 2.24) is 4.98 Å². The molecule has 0 atom stereocenters. The van der Waals surface area contributed by atoms with Crippen molar-refractivity contribution in [3.8, 4) is 11.8 Å². The van der Waals surface area contributed by atoms with Crippen molar-refractivity contribution >= 4 is 5.69 Å². The molecular formula is C14H22N2O2. The number of aromatic nitrogens is 1. The van der Waals surface area contributed by atoms with E-state index in [4.69, 9.17) is 15.2 Å². The lowest BCUT2D eigenvalue weighted by molar-refractivity contribution is 0.261. The molecule has 18 heavy (non-hydrogen) atoms. The lowest BCUT2D eigenvalue weighted by Crippen LogP contribution is -2.06. The van der Waals surface area contributed by atoms with Crippen LogP contribution in [0.2, 0.25) is 0 Å². The highest BCUT2D eigenvalue weighted by Gasteiger charge is 2.22. The molecule has 1 aromatic heterocycles. The van der Waals surface area contributed by atoms with Gasteiger partial charge in [0.1, 0.15) is 0 Å². The average Bonchev–Trinajstić information content (AvgIpc) is 3.13. The Kier molecular flexibility index (Phi) is 4.28. The molecule has 0 spiro atoms. The van der Waals surface area contributed by atoms with E-state index in [1.807, 2.05) is 0 Å². The SMILES string of the molecule is CC(C)CCOc1ccc(N)c(OCC2CC2)n1. The Labute approximate surface area is 108 Å². The van der Waals surface area contributed by atoms with Gasteiger partial charge in [0.05, 0.1) is 18.9 Å². The van der Waals surface area contributed by atoms with Crippen LogP contribution in [0.4, 0.5) is 5.69 Å². The summed E-state index contributed by atoms with van der Waals surface area (Å²) in [7, 11) is 0. The molecule has 0 amide bonds. The summed E-state index contributed by atoms with van der Waals surface area (Å²) in [5, 5.41) is 0. The summed E-state index contributed by atoms with van der Waals surface area (Å²) in [6, 6.07) is 3.58. The van der Waals surface area contributed by atoms with Crippen molar-refractivity contribution in [2.45, 2.75) is 33.1 Å². The van der Waals surface area contributed by atoms with Crippen molar-refractivity contribution < 1.29 is 9.47 Å². The van der Waals surface area contributed by atoms with E-state index in [1.54, 1.807) is 12.1 Å². The molecule has 0 aromatic carbocycles. The third kappa shape index (κ3) is 4.09. The van der Waals surface area contributed by atoms with Crippen molar-refractivity contribution in [2.24, 2.45) is 11.8 Å². The molecule has 0 saturated heterocycles. The molecule has 0 aliphatic heterocycles. The molecular weight excluding hydrogens is 228 g/mol. The van der Waals surface area contributed by atoms with E-state index < -0.39 is 0 Å². The quantitative estimate of drug-likeness (QED) is 0.808. The monoisotopic (exact) mass is 250 g/mol. The molecule has 1 fully saturated rings. The number of anilines is 1. The second-order valence-electron chi connectivity index (χ2n) is 5.33. The zero-order valence-corrected chi connectivity index (χ0v) is 11.2. The number of nitrogens with zero attached hydrogens (tertiary/aromatic N) is 1. The molecule has 1 saturated carbocycles. The van der Waals surface area contributed by atoms with Crippen LogP contribution < -0.4 is 15.2 Å². The molecule has 1 aliphatic carbocycles. The molecule has 4 heteroatoms.